The molecule has 0 aromatic heterocycles. The Hall–Kier alpha value is -1.17. The van der Waals surface area contributed by atoms with Crippen LogP contribution >= 0.6 is 0 Å². The van der Waals surface area contributed by atoms with E-state index in [1.165, 1.54) is 5.56 Å². The van der Waals surface area contributed by atoms with Crippen LogP contribution in [0.2, 0.25) is 0 Å². The highest BCUT2D eigenvalue weighted by atomic mass is 32.2. The summed E-state index contributed by atoms with van der Waals surface area (Å²) < 4.78 is 27.2. The van der Waals surface area contributed by atoms with Crippen LogP contribution in [0, 0.1) is 0 Å². The van der Waals surface area contributed by atoms with Crippen LogP contribution in [0.1, 0.15) is 24.5 Å². The fourth-order valence-electron chi connectivity index (χ4n) is 3.06. The largest absolute Gasteiger partial charge is 0.301 e. The van der Waals surface area contributed by atoms with E-state index in [9.17, 15) is 8.42 Å². The number of fused-ring (bicyclic) bond motifs is 1. The molecule has 0 N–H and O–H groups in total. The molecule has 5 heteroatoms. The number of nitrogens with zero attached hydrogens (tertiary/aromatic N) is 2. The van der Waals surface area contributed by atoms with E-state index in [2.05, 4.69) is 17.9 Å². The van der Waals surface area contributed by atoms with E-state index in [1.807, 2.05) is 24.3 Å². The summed E-state index contributed by atoms with van der Waals surface area (Å²) in [6.07, 6.45) is 3.30. The minimum Gasteiger partial charge on any atom is -0.301 e. The van der Waals surface area contributed by atoms with Crippen molar-refractivity contribution in [2.45, 2.75) is 19.8 Å². The van der Waals surface area contributed by atoms with Crippen LogP contribution < -0.4 is 0 Å². The Balaban J connectivity index is 1.82. The summed E-state index contributed by atoms with van der Waals surface area (Å²) >= 11 is 0. The standard InChI is InChI=1S/C16H22N2O2S/c1-2-17-9-11-18(12-10-17)21(19,20)16-8-7-14-5-3-4-6-15(14)13-16/h3-6,13H,2,7-12H2,1H3. The average Bonchev–Trinajstić information content (AvgIpc) is 2.54. The third kappa shape index (κ3) is 2.91. The molecule has 0 saturated carbocycles. The molecule has 1 fully saturated rings. The zero-order valence-electron chi connectivity index (χ0n) is 12.5. The summed E-state index contributed by atoms with van der Waals surface area (Å²) in [5, 5.41) is 0. The van der Waals surface area contributed by atoms with Gasteiger partial charge in [-0.2, -0.15) is 4.31 Å². The second kappa shape index (κ2) is 5.91. The van der Waals surface area contributed by atoms with Crippen LogP contribution in [0.15, 0.2) is 29.2 Å². The fraction of sp³-hybridized carbons (Fsp3) is 0.500. The van der Waals surface area contributed by atoms with E-state index in [1.54, 1.807) is 4.31 Å². The number of hydrogen-bond donors (Lipinski definition) is 0. The molecule has 1 aliphatic heterocycles. The van der Waals surface area contributed by atoms with E-state index < -0.39 is 10.0 Å². The molecule has 0 spiro atoms. The van der Waals surface area contributed by atoms with Gasteiger partial charge in [0, 0.05) is 26.2 Å². The van der Waals surface area contributed by atoms with Crippen molar-refractivity contribution in [1.29, 1.82) is 0 Å². The van der Waals surface area contributed by atoms with Crippen molar-refractivity contribution in [2.24, 2.45) is 0 Å². The molecule has 0 atom stereocenters. The second-order valence-corrected chi connectivity index (χ2v) is 7.64. The molecular weight excluding hydrogens is 284 g/mol. The Morgan fingerprint density at radius 3 is 2.48 bits per heavy atom. The maximum Gasteiger partial charge on any atom is 0.239 e. The van der Waals surface area contributed by atoms with Crippen LogP contribution in [-0.2, 0) is 16.4 Å². The van der Waals surface area contributed by atoms with Crippen molar-refractivity contribution < 1.29 is 8.42 Å². The molecule has 1 aliphatic carbocycles. The third-order valence-corrected chi connectivity index (χ3v) is 6.49. The molecule has 0 bridgehead atoms. The lowest BCUT2D eigenvalue weighted by atomic mass is 9.98. The van der Waals surface area contributed by atoms with E-state index in [0.29, 0.717) is 24.4 Å². The average molecular weight is 306 g/mol. The molecule has 21 heavy (non-hydrogen) atoms. The lowest BCUT2D eigenvalue weighted by molar-refractivity contribution is 0.197. The number of likely N-dealkylation sites (N-methyl/N-ethyl adjacent to an activating group) is 1. The Morgan fingerprint density at radius 2 is 1.76 bits per heavy atom. The van der Waals surface area contributed by atoms with Crippen LogP contribution in [0.3, 0.4) is 0 Å². The van der Waals surface area contributed by atoms with Crippen molar-refractivity contribution >= 4 is 16.1 Å². The number of sulfonamides is 1. The molecule has 4 nitrogen and oxygen atoms in total. The topological polar surface area (TPSA) is 40.6 Å². The first kappa shape index (κ1) is 14.8. The van der Waals surface area contributed by atoms with E-state index >= 15 is 0 Å². The van der Waals surface area contributed by atoms with Crippen molar-refractivity contribution in [3.63, 3.8) is 0 Å². The van der Waals surface area contributed by atoms with Gasteiger partial charge in [0.05, 0.1) is 4.91 Å². The second-order valence-electron chi connectivity index (χ2n) is 5.65. The van der Waals surface area contributed by atoms with E-state index in [-0.39, 0.29) is 0 Å². The Morgan fingerprint density at radius 1 is 1.05 bits per heavy atom. The number of hydrogen-bond acceptors (Lipinski definition) is 3. The van der Waals surface area contributed by atoms with Gasteiger partial charge in [0.15, 0.2) is 0 Å². The minimum absolute atomic E-state index is 0.575. The number of aryl methyl sites for hydroxylation is 1. The normalized spacial score (nSPS) is 20.9. The SMILES string of the molecule is CCN1CCN(S(=O)(=O)C2=Cc3ccccc3CC2)CC1. The molecule has 1 heterocycles. The Kier molecular flexibility index (Phi) is 4.15. The monoisotopic (exact) mass is 306 g/mol. The number of allylic oxidation sites excluding steroid dienone is 1. The summed E-state index contributed by atoms with van der Waals surface area (Å²) in [6.45, 7) is 5.98. The van der Waals surface area contributed by atoms with Crippen LogP contribution in [-0.4, -0.2) is 50.3 Å². The lowest BCUT2D eigenvalue weighted by Gasteiger charge is -2.34. The van der Waals surface area contributed by atoms with Gasteiger partial charge in [-0.05, 0) is 36.6 Å². The first-order valence-corrected chi connectivity index (χ1v) is 9.06. The minimum atomic E-state index is -3.29. The zero-order valence-corrected chi connectivity index (χ0v) is 13.3. The summed E-state index contributed by atoms with van der Waals surface area (Å²) in [7, 11) is -3.29. The fourth-order valence-corrected chi connectivity index (χ4v) is 4.67. The maximum absolute atomic E-state index is 12.8. The maximum atomic E-state index is 12.8. The first-order valence-electron chi connectivity index (χ1n) is 7.62. The van der Waals surface area contributed by atoms with E-state index in [0.717, 1.165) is 31.6 Å². The molecule has 114 valence electrons. The number of piperazine rings is 1. The molecule has 0 amide bonds. The molecule has 2 aliphatic rings. The highest BCUT2D eigenvalue weighted by Crippen LogP contribution is 2.29. The number of benzene rings is 1. The van der Waals surface area contributed by atoms with Gasteiger partial charge < -0.3 is 4.90 Å². The van der Waals surface area contributed by atoms with Gasteiger partial charge in [0.25, 0.3) is 0 Å². The van der Waals surface area contributed by atoms with E-state index in [4.69, 9.17) is 0 Å². The molecule has 1 aromatic carbocycles. The van der Waals surface area contributed by atoms with Crippen LogP contribution in [0.25, 0.3) is 6.08 Å². The highest BCUT2D eigenvalue weighted by molar-refractivity contribution is 7.93. The van der Waals surface area contributed by atoms with Gasteiger partial charge in [0.1, 0.15) is 0 Å². The van der Waals surface area contributed by atoms with Gasteiger partial charge in [-0.25, -0.2) is 8.42 Å². The quantitative estimate of drug-likeness (QED) is 0.857. The van der Waals surface area contributed by atoms with Crippen molar-refractivity contribution in [2.75, 3.05) is 32.7 Å². The van der Waals surface area contributed by atoms with Crippen LogP contribution in [0.5, 0.6) is 0 Å². The smallest absolute Gasteiger partial charge is 0.239 e. The molecule has 1 aromatic rings. The zero-order chi connectivity index (χ0) is 14.9. The molecule has 3 rings (SSSR count). The summed E-state index contributed by atoms with van der Waals surface area (Å²) in [5.74, 6) is 0. The predicted octanol–water partition coefficient (Wildman–Crippen LogP) is 1.94. The molecule has 0 unspecified atom stereocenters. The molecule has 0 radical (unpaired) electrons. The van der Waals surface area contributed by atoms with Crippen molar-refractivity contribution in [1.82, 2.24) is 9.21 Å². The van der Waals surface area contributed by atoms with Crippen molar-refractivity contribution in [3.8, 4) is 0 Å². The summed E-state index contributed by atoms with van der Waals surface area (Å²) in [4.78, 5) is 2.86. The summed E-state index contributed by atoms with van der Waals surface area (Å²) in [6, 6.07) is 8.05. The van der Waals surface area contributed by atoms with Gasteiger partial charge in [-0.1, -0.05) is 31.2 Å². The number of rotatable bonds is 3. The molecular formula is C16H22N2O2S. The van der Waals surface area contributed by atoms with Gasteiger partial charge >= 0.3 is 0 Å². The first-order chi connectivity index (χ1) is 10.1. The molecule has 1 saturated heterocycles. The third-order valence-electron chi connectivity index (χ3n) is 4.46. The summed E-state index contributed by atoms with van der Waals surface area (Å²) in [5.41, 5.74) is 2.29. The van der Waals surface area contributed by atoms with Crippen molar-refractivity contribution in [3.05, 3.63) is 40.3 Å². The van der Waals surface area contributed by atoms with Gasteiger partial charge in [0.2, 0.25) is 10.0 Å². The highest BCUT2D eigenvalue weighted by Gasteiger charge is 2.30. The van der Waals surface area contributed by atoms with Gasteiger partial charge in [-0.3, -0.25) is 0 Å². The lowest BCUT2D eigenvalue weighted by Crippen LogP contribution is -2.48. The Bertz CT molecular complexity index is 644. The predicted molar refractivity (Wildman–Crippen MR) is 85.3 cm³/mol. The Labute approximate surface area is 127 Å². The van der Waals surface area contributed by atoms with Gasteiger partial charge in [-0.15, -0.1) is 0 Å². The van der Waals surface area contributed by atoms with Crippen LogP contribution in [0.4, 0.5) is 0 Å².